The van der Waals surface area contributed by atoms with E-state index in [-0.39, 0.29) is 29.1 Å². The van der Waals surface area contributed by atoms with Gasteiger partial charge >= 0.3 is 0 Å². The summed E-state index contributed by atoms with van der Waals surface area (Å²) >= 11 is 0. The van der Waals surface area contributed by atoms with Gasteiger partial charge in [-0.2, -0.15) is 4.31 Å². The zero-order valence-corrected chi connectivity index (χ0v) is 12.7. The molecule has 0 saturated carbocycles. The maximum atomic E-state index is 12.3. The summed E-state index contributed by atoms with van der Waals surface area (Å²) in [7, 11) is -3.57. The van der Waals surface area contributed by atoms with Crippen molar-refractivity contribution in [3.05, 3.63) is 24.3 Å². The van der Waals surface area contributed by atoms with Crippen LogP contribution in [0.4, 0.5) is 8.78 Å². The average molecular weight is 343 g/mol. The molecule has 9 heteroatoms. The molecule has 1 fully saturated rings. The minimum Gasteiger partial charge on any atom is -0.488 e. The van der Waals surface area contributed by atoms with Gasteiger partial charge in [0, 0.05) is 19.1 Å². The smallest absolute Gasteiger partial charge is 0.272 e. The quantitative estimate of drug-likeness (QED) is 0.879. The SMILES string of the molecule is Cl.N[C@@H]1CCN(S(=O)(=O)c2ccc(OCC(F)F)cc2)C1. The van der Waals surface area contributed by atoms with E-state index < -0.39 is 23.1 Å². The van der Waals surface area contributed by atoms with Gasteiger partial charge in [0.15, 0.2) is 0 Å². The first kappa shape index (κ1) is 18.1. The van der Waals surface area contributed by atoms with E-state index >= 15 is 0 Å². The Kier molecular flexibility index (Phi) is 6.33. The molecule has 1 saturated heterocycles. The van der Waals surface area contributed by atoms with Crippen LogP contribution in [0.3, 0.4) is 0 Å². The highest BCUT2D eigenvalue weighted by Gasteiger charge is 2.30. The molecular weight excluding hydrogens is 326 g/mol. The molecule has 2 rings (SSSR count). The fourth-order valence-electron chi connectivity index (χ4n) is 1.99. The Labute approximate surface area is 128 Å². The van der Waals surface area contributed by atoms with Gasteiger partial charge < -0.3 is 10.5 Å². The molecule has 0 amide bonds. The summed E-state index contributed by atoms with van der Waals surface area (Å²) in [4.78, 5) is 0.107. The van der Waals surface area contributed by atoms with E-state index in [0.717, 1.165) is 0 Å². The molecule has 0 radical (unpaired) electrons. The van der Waals surface area contributed by atoms with Crippen LogP contribution in [0.2, 0.25) is 0 Å². The molecule has 0 aromatic heterocycles. The standard InChI is InChI=1S/C12H16F2N2O3S.ClH/c13-12(14)8-19-10-1-3-11(4-2-10)20(17,18)16-6-5-9(15)7-16;/h1-4,9,12H,5-8,15H2;1H/t9-;/m1./s1. The third kappa shape index (κ3) is 4.50. The molecule has 5 nitrogen and oxygen atoms in total. The first-order valence-electron chi connectivity index (χ1n) is 6.16. The van der Waals surface area contributed by atoms with E-state index in [1.807, 2.05) is 0 Å². The second kappa shape index (κ2) is 7.35. The Morgan fingerprint density at radius 3 is 2.43 bits per heavy atom. The molecular formula is C12H17ClF2N2O3S. The highest BCUT2D eigenvalue weighted by Crippen LogP contribution is 2.22. The number of alkyl halides is 2. The first-order valence-corrected chi connectivity index (χ1v) is 7.60. The molecule has 21 heavy (non-hydrogen) atoms. The van der Waals surface area contributed by atoms with Gasteiger partial charge in [0.05, 0.1) is 4.90 Å². The van der Waals surface area contributed by atoms with Gasteiger partial charge in [-0.1, -0.05) is 0 Å². The van der Waals surface area contributed by atoms with E-state index in [4.69, 9.17) is 10.5 Å². The van der Waals surface area contributed by atoms with Crippen molar-refractivity contribution in [1.29, 1.82) is 0 Å². The van der Waals surface area contributed by atoms with E-state index in [1.54, 1.807) is 0 Å². The van der Waals surface area contributed by atoms with Gasteiger partial charge in [0.1, 0.15) is 12.4 Å². The summed E-state index contributed by atoms with van der Waals surface area (Å²) in [6.45, 7) is -0.0217. The van der Waals surface area contributed by atoms with Crippen LogP contribution in [0.1, 0.15) is 6.42 Å². The fourth-order valence-corrected chi connectivity index (χ4v) is 3.50. The number of nitrogens with zero attached hydrogens (tertiary/aromatic N) is 1. The molecule has 1 aliphatic rings. The number of ether oxygens (including phenoxy) is 1. The van der Waals surface area contributed by atoms with Crippen molar-refractivity contribution in [1.82, 2.24) is 4.31 Å². The summed E-state index contributed by atoms with van der Waals surface area (Å²) in [5, 5.41) is 0. The second-order valence-corrected chi connectivity index (χ2v) is 6.52. The number of hydrogen-bond acceptors (Lipinski definition) is 4. The third-order valence-corrected chi connectivity index (χ3v) is 4.90. The number of rotatable bonds is 5. The minimum absolute atomic E-state index is 0. The number of halogens is 3. The summed E-state index contributed by atoms with van der Waals surface area (Å²) < 4.78 is 54.6. The maximum Gasteiger partial charge on any atom is 0.272 e. The van der Waals surface area contributed by atoms with Gasteiger partial charge in [-0.3, -0.25) is 0 Å². The van der Waals surface area contributed by atoms with Gasteiger partial charge in [-0.05, 0) is 30.7 Å². The Hall–Kier alpha value is -0.960. The molecule has 1 aromatic rings. The van der Waals surface area contributed by atoms with Crippen molar-refractivity contribution in [2.24, 2.45) is 5.73 Å². The Morgan fingerprint density at radius 1 is 1.33 bits per heavy atom. The van der Waals surface area contributed by atoms with Crippen molar-refractivity contribution < 1.29 is 21.9 Å². The number of hydrogen-bond donors (Lipinski definition) is 1. The number of benzene rings is 1. The van der Waals surface area contributed by atoms with E-state index in [0.29, 0.717) is 19.5 Å². The highest BCUT2D eigenvalue weighted by atomic mass is 35.5. The lowest BCUT2D eigenvalue weighted by Crippen LogP contribution is -2.31. The van der Waals surface area contributed by atoms with Gasteiger partial charge in [0.25, 0.3) is 6.43 Å². The van der Waals surface area contributed by atoms with Crippen LogP contribution in [0.25, 0.3) is 0 Å². The topological polar surface area (TPSA) is 72.6 Å². The van der Waals surface area contributed by atoms with E-state index in [9.17, 15) is 17.2 Å². The molecule has 2 N–H and O–H groups in total. The zero-order valence-electron chi connectivity index (χ0n) is 11.1. The lowest BCUT2D eigenvalue weighted by molar-refractivity contribution is 0.0819. The van der Waals surface area contributed by atoms with Crippen molar-refractivity contribution in [3.63, 3.8) is 0 Å². The molecule has 0 bridgehead atoms. The normalized spacial score (nSPS) is 19.5. The van der Waals surface area contributed by atoms with Crippen LogP contribution >= 0.6 is 12.4 Å². The van der Waals surface area contributed by atoms with Crippen LogP contribution < -0.4 is 10.5 Å². The molecule has 0 aliphatic carbocycles. The van der Waals surface area contributed by atoms with Crippen molar-refractivity contribution in [2.75, 3.05) is 19.7 Å². The van der Waals surface area contributed by atoms with Crippen LogP contribution in [-0.2, 0) is 10.0 Å². The number of sulfonamides is 1. The van der Waals surface area contributed by atoms with Gasteiger partial charge in [0.2, 0.25) is 10.0 Å². The molecule has 0 spiro atoms. The largest absolute Gasteiger partial charge is 0.488 e. The molecule has 1 aromatic carbocycles. The van der Waals surface area contributed by atoms with E-state index in [2.05, 4.69) is 0 Å². The predicted molar refractivity (Wildman–Crippen MR) is 76.5 cm³/mol. The minimum atomic E-state index is -3.57. The Bertz CT molecular complexity index is 554. The molecule has 1 atom stereocenters. The van der Waals surface area contributed by atoms with Crippen molar-refractivity contribution >= 4 is 22.4 Å². The van der Waals surface area contributed by atoms with Crippen LogP contribution in [-0.4, -0.2) is 44.9 Å². The van der Waals surface area contributed by atoms with Gasteiger partial charge in [-0.15, -0.1) is 12.4 Å². The summed E-state index contributed by atoms with van der Waals surface area (Å²) in [5.74, 6) is 0.211. The molecule has 120 valence electrons. The lowest BCUT2D eigenvalue weighted by atomic mass is 10.3. The summed E-state index contributed by atoms with van der Waals surface area (Å²) in [6, 6.07) is 5.29. The van der Waals surface area contributed by atoms with Crippen LogP contribution in [0.15, 0.2) is 29.2 Å². The zero-order chi connectivity index (χ0) is 14.8. The summed E-state index contributed by atoms with van der Waals surface area (Å²) in [6.07, 6.45) is -1.93. The monoisotopic (exact) mass is 342 g/mol. The average Bonchev–Trinajstić information content (AvgIpc) is 2.84. The third-order valence-electron chi connectivity index (χ3n) is 3.02. The van der Waals surface area contributed by atoms with Crippen LogP contribution in [0, 0.1) is 0 Å². The van der Waals surface area contributed by atoms with E-state index in [1.165, 1.54) is 28.6 Å². The lowest BCUT2D eigenvalue weighted by Gasteiger charge is -2.16. The van der Waals surface area contributed by atoms with Gasteiger partial charge in [-0.25, -0.2) is 17.2 Å². The van der Waals surface area contributed by atoms with Crippen LogP contribution in [0.5, 0.6) is 5.75 Å². The molecule has 1 heterocycles. The summed E-state index contributed by atoms with van der Waals surface area (Å²) in [5.41, 5.74) is 5.69. The maximum absolute atomic E-state index is 12.3. The Morgan fingerprint density at radius 2 is 1.95 bits per heavy atom. The molecule has 0 unspecified atom stereocenters. The fraction of sp³-hybridized carbons (Fsp3) is 0.500. The first-order chi connectivity index (χ1) is 9.39. The Balaban J connectivity index is 0.00000220. The van der Waals surface area contributed by atoms with Crippen molar-refractivity contribution in [3.8, 4) is 5.75 Å². The highest BCUT2D eigenvalue weighted by molar-refractivity contribution is 7.89. The molecule has 1 aliphatic heterocycles. The van der Waals surface area contributed by atoms with Crippen molar-refractivity contribution in [2.45, 2.75) is 23.8 Å². The second-order valence-electron chi connectivity index (χ2n) is 4.59. The number of nitrogens with two attached hydrogens (primary N) is 1. The predicted octanol–water partition coefficient (Wildman–Crippen LogP) is 1.47.